The highest BCUT2D eigenvalue weighted by atomic mass is 35.5. The molecule has 1 amide bonds. The maximum Gasteiger partial charge on any atom is 0.224 e. The summed E-state index contributed by atoms with van der Waals surface area (Å²) in [5.74, 6) is 1.23. The first-order valence-electron chi connectivity index (χ1n) is 8.31. The van der Waals surface area contributed by atoms with Crippen molar-refractivity contribution >= 4 is 17.5 Å². The Hall–Kier alpha value is -1.10. The predicted molar refractivity (Wildman–Crippen MR) is 91.4 cm³/mol. The van der Waals surface area contributed by atoms with Crippen molar-refractivity contribution in [1.29, 1.82) is 0 Å². The zero-order valence-corrected chi connectivity index (χ0v) is 14.6. The van der Waals surface area contributed by atoms with Crippen LogP contribution in [0.5, 0.6) is 0 Å². The number of fused-ring (bicyclic) bond motifs is 1. The zero-order valence-electron chi connectivity index (χ0n) is 13.9. The molecule has 4 nitrogen and oxygen atoms in total. The Balaban J connectivity index is 1.55. The van der Waals surface area contributed by atoms with Crippen LogP contribution < -0.4 is 0 Å². The highest BCUT2D eigenvalue weighted by Crippen LogP contribution is 2.36. The SMILES string of the molecule is CN(C)C(=O)C[C@@H]1OC[C@@H]2CN(Cc3cccc(Cl)c3)CC[C@@H]21. The average molecular weight is 337 g/mol. The summed E-state index contributed by atoms with van der Waals surface area (Å²) >= 11 is 6.07. The summed E-state index contributed by atoms with van der Waals surface area (Å²) in [5.41, 5.74) is 1.26. The largest absolute Gasteiger partial charge is 0.377 e. The zero-order chi connectivity index (χ0) is 16.4. The Kier molecular flexibility index (Phi) is 5.24. The van der Waals surface area contributed by atoms with Crippen LogP contribution in [0.1, 0.15) is 18.4 Å². The lowest BCUT2D eigenvalue weighted by molar-refractivity contribution is -0.131. The van der Waals surface area contributed by atoms with Crippen LogP contribution in [0.3, 0.4) is 0 Å². The molecule has 0 aromatic heterocycles. The third-order valence-electron chi connectivity index (χ3n) is 5.05. The molecule has 0 aliphatic carbocycles. The van der Waals surface area contributed by atoms with E-state index in [4.69, 9.17) is 16.3 Å². The van der Waals surface area contributed by atoms with E-state index >= 15 is 0 Å². The van der Waals surface area contributed by atoms with Gasteiger partial charge >= 0.3 is 0 Å². The van der Waals surface area contributed by atoms with Crippen LogP contribution in [-0.2, 0) is 16.1 Å². The average Bonchev–Trinajstić information content (AvgIpc) is 2.89. The molecule has 0 bridgehead atoms. The second kappa shape index (κ2) is 7.20. The Labute approximate surface area is 143 Å². The van der Waals surface area contributed by atoms with Gasteiger partial charge in [0.05, 0.1) is 19.1 Å². The van der Waals surface area contributed by atoms with Gasteiger partial charge in [0.15, 0.2) is 0 Å². The van der Waals surface area contributed by atoms with Gasteiger partial charge < -0.3 is 9.64 Å². The van der Waals surface area contributed by atoms with E-state index in [0.29, 0.717) is 18.3 Å². The van der Waals surface area contributed by atoms with Crippen molar-refractivity contribution < 1.29 is 9.53 Å². The molecular formula is C18H25ClN2O2. The molecular weight excluding hydrogens is 312 g/mol. The normalized spacial score (nSPS) is 27.7. The monoisotopic (exact) mass is 336 g/mol. The fraction of sp³-hybridized carbons (Fsp3) is 0.611. The second-order valence-electron chi connectivity index (χ2n) is 6.94. The van der Waals surface area contributed by atoms with E-state index in [-0.39, 0.29) is 12.0 Å². The maximum atomic E-state index is 11.9. The highest BCUT2D eigenvalue weighted by molar-refractivity contribution is 6.30. The van der Waals surface area contributed by atoms with Gasteiger partial charge in [0.25, 0.3) is 0 Å². The number of carbonyl (C=O) groups excluding carboxylic acids is 1. The van der Waals surface area contributed by atoms with Gasteiger partial charge in [-0.15, -0.1) is 0 Å². The second-order valence-corrected chi connectivity index (χ2v) is 7.38. The molecule has 2 aliphatic heterocycles. The fourth-order valence-corrected chi connectivity index (χ4v) is 3.98. The van der Waals surface area contributed by atoms with Gasteiger partial charge in [0.1, 0.15) is 0 Å². The van der Waals surface area contributed by atoms with Gasteiger partial charge in [0, 0.05) is 38.1 Å². The lowest BCUT2D eigenvalue weighted by Crippen LogP contribution is -2.41. The van der Waals surface area contributed by atoms with Crippen molar-refractivity contribution in [1.82, 2.24) is 9.80 Å². The molecule has 0 unspecified atom stereocenters. The van der Waals surface area contributed by atoms with E-state index in [1.807, 2.05) is 32.3 Å². The Morgan fingerprint density at radius 3 is 3.00 bits per heavy atom. The molecule has 0 radical (unpaired) electrons. The lowest BCUT2D eigenvalue weighted by atomic mass is 9.83. The van der Waals surface area contributed by atoms with Crippen LogP contribution in [0.4, 0.5) is 0 Å². The molecule has 2 fully saturated rings. The van der Waals surface area contributed by atoms with Gasteiger partial charge in [-0.05, 0) is 36.6 Å². The molecule has 1 aromatic carbocycles. The molecule has 23 heavy (non-hydrogen) atoms. The lowest BCUT2D eigenvalue weighted by Gasteiger charge is -2.35. The smallest absolute Gasteiger partial charge is 0.224 e. The van der Waals surface area contributed by atoms with Gasteiger partial charge in [-0.25, -0.2) is 0 Å². The van der Waals surface area contributed by atoms with Gasteiger partial charge in [-0.1, -0.05) is 23.7 Å². The van der Waals surface area contributed by atoms with Crippen molar-refractivity contribution in [3.05, 3.63) is 34.9 Å². The van der Waals surface area contributed by atoms with Gasteiger partial charge in [0.2, 0.25) is 5.91 Å². The number of hydrogen-bond acceptors (Lipinski definition) is 3. The van der Waals surface area contributed by atoms with E-state index in [1.165, 1.54) is 5.56 Å². The number of benzene rings is 1. The number of amides is 1. The van der Waals surface area contributed by atoms with Crippen LogP contribution in [0, 0.1) is 11.8 Å². The summed E-state index contributed by atoms with van der Waals surface area (Å²) in [7, 11) is 3.62. The van der Waals surface area contributed by atoms with Crippen LogP contribution in [-0.4, -0.2) is 55.6 Å². The van der Waals surface area contributed by atoms with Crippen molar-refractivity contribution in [2.24, 2.45) is 11.8 Å². The minimum Gasteiger partial charge on any atom is -0.377 e. The van der Waals surface area contributed by atoms with Gasteiger partial charge in [-0.2, -0.15) is 0 Å². The fourth-order valence-electron chi connectivity index (χ4n) is 3.76. The molecule has 2 aliphatic rings. The summed E-state index contributed by atoms with van der Waals surface area (Å²) in [6, 6.07) is 8.08. The molecule has 126 valence electrons. The van der Waals surface area contributed by atoms with Crippen LogP contribution in [0.25, 0.3) is 0 Å². The first kappa shape index (κ1) is 16.7. The number of carbonyl (C=O) groups is 1. The topological polar surface area (TPSA) is 32.8 Å². The molecule has 2 heterocycles. The summed E-state index contributed by atoms with van der Waals surface area (Å²) in [6.07, 6.45) is 1.72. The third-order valence-corrected chi connectivity index (χ3v) is 5.28. The van der Waals surface area contributed by atoms with E-state index in [0.717, 1.165) is 37.7 Å². The number of rotatable bonds is 4. The van der Waals surface area contributed by atoms with E-state index in [2.05, 4.69) is 11.0 Å². The molecule has 3 rings (SSSR count). The predicted octanol–water partition coefficient (Wildman–Crippen LogP) is 2.66. The highest BCUT2D eigenvalue weighted by Gasteiger charge is 2.41. The van der Waals surface area contributed by atoms with Crippen LogP contribution >= 0.6 is 11.6 Å². The number of halogens is 1. The van der Waals surface area contributed by atoms with Crippen molar-refractivity contribution in [3.8, 4) is 0 Å². The molecule has 3 atom stereocenters. The van der Waals surface area contributed by atoms with E-state index < -0.39 is 0 Å². The molecule has 1 aromatic rings. The quantitative estimate of drug-likeness (QED) is 0.847. The first-order chi connectivity index (χ1) is 11.0. The van der Waals surface area contributed by atoms with Crippen molar-refractivity contribution in [3.63, 3.8) is 0 Å². The molecule has 0 spiro atoms. The molecule has 2 saturated heterocycles. The number of ether oxygens (including phenoxy) is 1. The Morgan fingerprint density at radius 1 is 1.43 bits per heavy atom. The number of piperidine rings is 1. The Morgan fingerprint density at radius 2 is 2.26 bits per heavy atom. The van der Waals surface area contributed by atoms with Crippen LogP contribution in [0.15, 0.2) is 24.3 Å². The maximum absolute atomic E-state index is 11.9. The van der Waals surface area contributed by atoms with E-state index in [1.54, 1.807) is 4.90 Å². The van der Waals surface area contributed by atoms with Gasteiger partial charge in [-0.3, -0.25) is 9.69 Å². The van der Waals surface area contributed by atoms with Crippen molar-refractivity contribution in [2.75, 3.05) is 33.8 Å². The third kappa shape index (κ3) is 4.06. The standard InChI is InChI=1S/C18H25ClN2O2/c1-20(2)18(22)9-17-16-6-7-21(11-14(16)12-23-17)10-13-4-3-5-15(19)8-13/h3-5,8,14,16-17H,6-7,9-12H2,1-2H3/t14-,16-,17-/m0/s1. The number of likely N-dealkylation sites (tertiary alicyclic amines) is 1. The molecule has 0 N–H and O–H groups in total. The minimum absolute atomic E-state index is 0.100. The summed E-state index contributed by atoms with van der Waals surface area (Å²) in [6.45, 7) is 3.82. The first-order valence-corrected chi connectivity index (χ1v) is 8.69. The number of nitrogens with zero attached hydrogens (tertiary/aromatic N) is 2. The van der Waals surface area contributed by atoms with E-state index in [9.17, 15) is 4.79 Å². The summed E-state index contributed by atoms with van der Waals surface area (Å²) < 4.78 is 5.94. The summed E-state index contributed by atoms with van der Waals surface area (Å²) in [5, 5.41) is 0.795. The Bertz CT molecular complexity index is 564. The number of hydrogen-bond donors (Lipinski definition) is 0. The van der Waals surface area contributed by atoms with Crippen molar-refractivity contribution in [2.45, 2.75) is 25.5 Å². The minimum atomic E-state index is 0.100. The summed E-state index contributed by atoms with van der Waals surface area (Å²) in [4.78, 5) is 16.1. The van der Waals surface area contributed by atoms with Crippen LogP contribution in [0.2, 0.25) is 5.02 Å². The molecule has 0 saturated carbocycles. The molecule has 5 heteroatoms.